The third kappa shape index (κ3) is 0.796. The summed E-state index contributed by atoms with van der Waals surface area (Å²) >= 11 is 0. The second kappa shape index (κ2) is 1.78. The summed E-state index contributed by atoms with van der Waals surface area (Å²) in [5.41, 5.74) is 1.19. The fourth-order valence-corrected chi connectivity index (χ4v) is 0.478. The Bertz CT molecular complexity index is 113. The molecule has 1 heterocycles. The van der Waals surface area contributed by atoms with Crippen molar-refractivity contribution in [3.8, 4) is 0 Å². The second-order valence-electron chi connectivity index (χ2n) is 1.43. The van der Waals surface area contributed by atoms with Crippen molar-refractivity contribution in [1.29, 1.82) is 0 Å². The Hall–Kier alpha value is -0.790. The fraction of sp³-hybridized carbons (Fsp3) is 0.400. The molecule has 0 aromatic carbocycles. The highest BCUT2D eigenvalue weighted by molar-refractivity contribution is 5.59. The van der Waals surface area contributed by atoms with E-state index in [9.17, 15) is 0 Å². The maximum atomic E-state index is 3.84. The Morgan fingerprint density at radius 1 is 1.86 bits per heavy atom. The maximum absolute atomic E-state index is 3.84. The van der Waals surface area contributed by atoms with Crippen LogP contribution in [-0.2, 0) is 0 Å². The molecule has 2 nitrogen and oxygen atoms in total. The summed E-state index contributed by atoms with van der Waals surface area (Å²) in [6.45, 7) is 2.09. The zero-order valence-electron chi connectivity index (χ0n) is 4.31. The summed E-state index contributed by atoms with van der Waals surface area (Å²) in [7, 11) is 0. The molecule has 0 bridgehead atoms. The van der Waals surface area contributed by atoms with Crippen molar-refractivity contribution in [2.75, 3.05) is 0 Å². The van der Waals surface area contributed by atoms with Crippen molar-refractivity contribution in [1.82, 2.24) is 10.3 Å². The molecule has 0 aromatic heterocycles. The molecule has 2 heteroatoms. The highest BCUT2D eigenvalue weighted by atomic mass is 15.0. The van der Waals surface area contributed by atoms with E-state index in [0.717, 1.165) is 6.42 Å². The summed E-state index contributed by atoms with van der Waals surface area (Å²) in [6.07, 6.45) is 4.57. The first kappa shape index (κ1) is 4.37. The maximum Gasteiger partial charge on any atom is 0.284 e. The predicted octanol–water partition coefficient (Wildman–Crippen LogP) is 0.205. The molecule has 1 rings (SSSR count). The molecule has 0 atom stereocenters. The van der Waals surface area contributed by atoms with E-state index in [0.29, 0.717) is 0 Å². The van der Waals surface area contributed by atoms with Crippen molar-refractivity contribution in [2.24, 2.45) is 0 Å². The van der Waals surface area contributed by atoms with Crippen LogP contribution in [0.3, 0.4) is 0 Å². The largest absolute Gasteiger partial charge is 0.284 e. The van der Waals surface area contributed by atoms with Gasteiger partial charge in [0.15, 0.2) is 6.20 Å². The van der Waals surface area contributed by atoms with Gasteiger partial charge in [0, 0.05) is 6.42 Å². The third-order valence-electron chi connectivity index (χ3n) is 0.936. The second-order valence-corrected chi connectivity index (χ2v) is 1.43. The van der Waals surface area contributed by atoms with Crippen LogP contribution in [0.25, 0.3) is 0 Å². The zero-order valence-corrected chi connectivity index (χ0v) is 4.31. The molecule has 37 valence electrons. The van der Waals surface area contributed by atoms with Gasteiger partial charge in [-0.05, 0) is 0 Å². The Labute approximate surface area is 42.9 Å². The molecule has 1 radical (unpaired) electrons. The van der Waals surface area contributed by atoms with E-state index >= 15 is 0 Å². The van der Waals surface area contributed by atoms with Crippen LogP contribution in [-0.4, -0.2) is 6.34 Å². The van der Waals surface area contributed by atoms with E-state index < -0.39 is 0 Å². The van der Waals surface area contributed by atoms with E-state index in [-0.39, 0.29) is 0 Å². The van der Waals surface area contributed by atoms with Gasteiger partial charge >= 0.3 is 0 Å². The molecule has 0 spiro atoms. The molecule has 0 fully saturated rings. The summed E-state index contributed by atoms with van der Waals surface area (Å²) in [6, 6.07) is 0. The fourth-order valence-electron chi connectivity index (χ4n) is 0.478. The summed E-state index contributed by atoms with van der Waals surface area (Å²) in [5, 5.41) is 2.98. The quantitative estimate of drug-likeness (QED) is 0.496. The molecule has 1 N–H and O–H groups in total. The van der Waals surface area contributed by atoms with Gasteiger partial charge in [0.25, 0.3) is 6.34 Å². The third-order valence-corrected chi connectivity index (χ3v) is 0.936. The summed E-state index contributed by atoms with van der Waals surface area (Å²) in [4.78, 5) is 3.84. The molecule has 1 aliphatic rings. The zero-order chi connectivity index (χ0) is 5.11. The van der Waals surface area contributed by atoms with Crippen molar-refractivity contribution >= 4 is 6.34 Å². The molecule has 0 unspecified atom stereocenters. The Balaban J connectivity index is 2.45. The average molecular weight is 96.1 g/mol. The van der Waals surface area contributed by atoms with Crippen LogP contribution in [0.15, 0.2) is 11.9 Å². The van der Waals surface area contributed by atoms with Gasteiger partial charge in [0.2, 0.25) is 0 Å². The number of rotatable bonds is 1. The van der Waals surface area contributed by atoms with E-state index in [1.54, 1.807) is 6.34 Å². The molecule has 1 aliphatic heterocycles. The molecule has 7 heavy (non-hydrogen) atoms. The van der Waals surface area contributed by atoms with E-state index in [2.05, 4.69) is 17.2 Å². The number of allylic oxidation sites excluding steroid dienone is 1. The SMILES string of the molecule is CCC1=C[N+]=CN1. The van der Waals surface area contributed by atoms with Gasteiger partial charge in [-0.15, -0.1) is 0 Å². The molecular formula is C5H8N2+. The number of aliphatic imine (C=N–C) groups is 1. The van der Waals surface area contributed by atoms with Crippen molar-refractivity contribution < 1.29 is 0 Å². The first-order valence-electron chi connectivity index (χ1n) is 2.40. The number of hydrogen-bond acceptors (Lipinski definition) is 2. The van der Waals surface area contributed by atoms with Gasteiger partial charge < -0.3 is 0 Å². The monoisotopic (exact) mass is 96.1 g/mol. The van der Waals surface area contributed by atoms with Crippen LogP contribution in [0.4, 0.5) is 0 Å². The highest BCUT2D eigenvalue weighted by Crippen LogP contribution is 1.92. The van der Waals surface area contributed by atoms with Crippen LogP contribution in [0.5, 0.6) is 0 Å². The van der Waals surface area contributed by atoms with Crippen molar-refractivity contribution in [2.45, 2.75) is 13.3 Å². The summed E-state index contributed by atoms with van der Waals surface area (Å²) < 4.78 is 0. The number of hydrogen-bond donors (Lipinski definition) is 1. The number of nitrogens with zero attached hydrogens (tertiary/aromatic N) is 1. The van der Waals surface area contributed by atoms with Gasteiger partial charge in [-0.3, -0.25) is 0 Å². The molecule has 0 saturated heterocycles. The first-order valence-corrected chi connectivity index (χ1v) is 2.40. The molecule has 0 saturated carbocycles. The van der Waals surface area contributed by atoms with Crippen LogP contribution in [0, 0.1) is 0 Å². The molecule has 0 aliphatic carbocycles. The normalized spacial score (nSPS) is 16.4. The Kier molecular flexibility index (Phi) is 1.11. The lowest BCUT2D eigenvalue weighted by atomic mass is 10.4. The minimum atomic E-state index is 1.04. The van der Waals surface area contributed by atoms with Gasteiger partial charge in [-0.2, -0.15) is 0 Å². The predicted molar refractivity (Wildman–Crippen MR) is 29.7 cm³/mol. The van der Waals surface area contributed by atoms with Gasteiger partial charge in [0.05, 0.1) is 0 Å². The van der Waals surface area contributed by atoms with Crippen molar-refractivity contribution in [3.05, 3.63) is 11.9 Å². The van der Waals surface area contributed by atoms with E-state index in [1.807, 2.05) is 6.20 Å². The lowest BCUT2D eigenvalue weighted by Gasteiger charge is -1.82. The van der Waals surface area contributed by atoms with Crippen LogP contribution in [0.1, 0.15) is 13.3 Å². The first-order chi connectivity index (χ1) is 3.43. The molecular weight excluding hydrogens is 88.1 g/mol. The topological polar surface area (TPSA) is 26.1 Å². The lowest BCUT2D eigenvalue weighted by Crippen LogP contribution is -2.04. The van der Waals surface area contributed by atoms with Crippen LogP contribution < -0.4 is 10.3 Å². The smallest absolute Gasteiger partial charge is 0.244 e. The molecule has 0 amide bonds. The minimum absolute atomic E-state index is 1.04. The summed E-state index contributed by atoms with van der Waals surface area (Å²) in [5.74, 6) is 0. The molecule has 0 aromatic rings. The van der Waals surface area contributed by atoms with Gasteiger partial charge in [-0.25, -0.2) is 5.32 Å². The van der Waals surface area contributed by atoms with Gasteiger partial charge in [0.1, 0.15) is 5.70 Å². The Morgan fingerprint density at radius 3 is 3.00 bits per heavy atom. The average Bonchev–Trinajstić information content (AvgIpc) is 2.14. The van der Waals surface area contributed by atoms with Crippen LogP contribution >= 0.6 is 0 Å². The highest BCUT2D eigenvalue weighted by Gasteiger charge is 2.02. The number of nitrogens with one attached hydrogen (secondary N) is 1. The lowest BCUT2D eigenvalue weighted by molar-refractivity contribution is 1.01. The Morgan fingerprint density at radius 2 is 2.71 bits per heavy atom. The van der Waals surface area contributed by atoms with Crippen LogP contribution in [0.2, 0.25) is 0 Å². The van der Waals surface area contributed by atoms with Gasteiger partial charge in [-0.1, -0.05) is 11.9 Å². The van der Waals surface area contributed by atoms with E-state index in [4.69, 9.17) is 0 Å². The minimum Gasteiger partial charge on any atom is -0.244 e. The standard InChI is InChI=1S/C5H8N2/c1-2-5-3-6-4-7-5/h3-4,7H,2H2,1H3/q+1. The van der Waals surface area contributed by atoms with Crippen molar-refractivity contribution in [3.63, 3.8) is 0 Å². The van der Waals surface area contributed by atoms with E-state index in [1.165, 1.54) is 5.70 Å².